The first-order valence-corrected chi connectivity index (χ1v) is 13.2. The molecule has 1 saturated heterocycles. The van der Waals surface area contributed by atoms with Crippen molar-refractivity contribution in [3.8, 4) is 5.75 Å². The number of carboxylic acids is 2. The molecular weight excluding hydrogens is 549 g/mol. The molecule has 0 aliphatic carbocycles. The third-order valence-corrected chi connectivity index (χ3v) is 6.56. The average molecular weight is 584 g/mol. The van der Waals surface area contributed by atoms with Gasteiger partial charge in [0.1, 0.15) is 11.6 Å². The first kappa shape index (κ1) is 31.7. The molecule has 0 spiro atoms. The zero-order chi connectivity index (χ0) is 30.6. The van der Waals surface area contributed by atoms with Crippen LogP contribution < -0.4 is 20.9 Å². The lowest BCUT2D eigenvalue weighted by atomic mass is 10.2. The summed E-state index contributed by atoms with van der Waals surface area (Å²) in [6.45, 7) is 6.55. The minimum absolute atomic E-state index is 0.235. The number of ether oxygens (including phenoxy) is 1. The smallest absolute Gasteiger partial charge is 0.331 e. The first-order valence-electron chi connectivity index (χ1n) is 13.2. The van der Waals surface area contributed by atoms with E-state index < -0.39 is 11.9 Å². The highest BCUT2D eigenvalue weighted by molar-refractivity contribution is 5.89. The van der Waals surface area contributed by atoms with E-state index in [0.717, 1.165) is 44.0 Å². The Bertz CT molecular complexity index is 1500. The average Bonchev–Trinajstić information content (AvgIpc) is 2.98. The monoisotopic (exact) mass is 583 g/mol. The van der Waals surface area contributed by atoms with E-state index in [1.807, 2.05) is 12.1 Å². The molecule has 1 fully saturated rings. The van der Waals surface area contributed by atoms with Gasteiger partial charge < -0.3 is 19.8 Å². The number of aryl methyl sites for hydroxylation is 1. The van der Waals surface area contributed by atoms with Crippen molar-refractivity contribution in [2.75, 3.05) is 44.7 Å². The summed E-state index contributed by atoms with van der Waals surface area (Å²) >= 11 is 0. The Morgan fingerprint density at radius 1 is 1.05 bits per heavy atom. The summed E-state index contributed by atoms with van der Waals surface area (Å²) in [4.78, 5) is 53.3. The number of carboxylic acid groups (broad SMARTS) is 2. The standard InChI is InChI=1S/C25H30FN5O3.C4H4O4/c1-19-17-30(18-20-5-3-8-27-16-20)25(33)31(24(19)32)10-4-9-28-11-13-29(14-12-28)22-7-6-21(26)15-23(22)34-2;5-3(6)1-2-4(7)8/h3,5-8,15-17H,4,9-14,18H2,1-2H3;1-2H,(H,5,6)(H,7,8)/b;2-1+. The van der Waals surface area contributed by atoms with Gasteiger partial charge >= 0.3 is 17.6 Å². The summed E-state index contributed by atoms with van der Waals surface area (Å²) in [5, 5.41) is 15.6. The lowest BCUT2D eigenvalue weighted by Gasteiger charge is -2.36. The number of carbonyl (C=O) groups is 2. The molecular formula is C29H34FN5O7. The molecule has 4 rings (SSSR count). The van der Waals surface area contributed by atoms with Crippen LogP contribution in [0.1, 0.15) is 17.5 Å². The third-order valence-electron chi connectivity index (χ3n) is 6.56. The highest BCUT2D eigenvalue weighted by atomic mass is 19.1. The van der Waals surface area contributed by atoms with Crippen LogP contribution >= 0.6 is 0 Å². The molecule has 0 bridgehead atoms. The number of anilines is 1. The number of benzene rings is 1. The van der Waals surface area contributed by atoms with Gasteiger partial charge in [-0.25, -0.2) is 18.8 Å². The number of methoxy groups -OCH3 is 1. The number of piperazine rings is 1. The largest absolute Gasteiger partial charge is 0.494 e. The molecule has 0 atom stereocenters. The topological polar surface area (TPSA) is 147 Å². The molecule has 1 aromatic carbocycles. The Hall–Kier alpha value is -4.78. The number of rotatable bonds is 10. The molecule has 2 N–H and O–H groups in total. The fourth-order valence-corrected chi connectivity index (χ4v) is 4.52. The Labute approximate surface area is 241 Å². The summed E-state index contributed by atoms with van der Waals surface area (Å²) in [6.07, 6.45) is 6.85. The van der Waals surface area contributed by atoms with Crippen molar-refractivity contribution in [3.05, 3.63) is 98.9 Å². The minimum Gasteiger partial charge on any atom is -0.494 e. The second kappa shape index (κ2) is 15.3. The lowest BCUT2D eigenvalue weighted by molar-refractivity contribution is -0.134. The van der Waals surface area contributed by atoms with Gasteiger partial charge in [-0.15, -0.1) is 0 Å². The zero-order valence-corrected chi connectivity index (χ0v) is 23.5. The second-order valence-electron chi connectivity index (χ2n) is 9.55. The van der Waals surface area contributed by atoms with Gasteiger partial charge in [0.2, 0.25) is 0 Å². The van der Waals surface area contributed by atoms with Crippen molar-refractivity contribution in [2.24, 2.45) is 0 Å². The number of nitrogens with zero attached hydrogens (tertiary/aromatic N) is 5. The highest BCUT2D eigenvalue weighted by Gasteiger charge is 2.20. The van der Waals surface area contributed by atoms with Crippen molar-refractivity contribution in [3.63, 3.8) is 0 Å². The molecule has 1 aliphatic heterocycles. The third kappa shape index (κ3) is 9.13. The first-order chi connectivity index (χ1) is 20.1. The zero-order valence-electron chi connectivity index (χ0n) is 23.5. The molecule has 0 unspecified atom stereocenters. The number of halogens is 1. The Balaban J connectivity index is 0.000000531. The van der Waals surface area contributed by atoms with Gasteiger partial charge in [0, 0.05) is 75.1 Å². The van der Waals surface area contributed by atoms with Gasteiger partial charge in [0.05, 0.1) is 19.3 Å². The van der Waals surface area contributed by atoms with Crippen LogP contribution in [0.4, 0.5) is 10.1 Å². The maximum absolute atomic E-state index is 13.5. The van der Waals surface area contributed by atoms with Crippen molar-refractivity contribution in [1.82, 2.24) is 19.0 Å². The fourth-order valence-electron chi connectivity index (χ4n) is 4.52. The molecule has 13 heteroatoms. The van der Waals surface area contributed by atoms with Crippen LogP contribution in [-0.4, -0.2) is 81.0 Å². The van der Waals surface area contributed by atoms with Gasteiger partial charge in [0.25, 0.3) is 5.56 Å². The number of hydrogen-bond donors (Lipinski definition) is 2. The van der Waals surface area contributed by atoms with E-state index in [9.17, 15) is 23.6 Å². The molecule has 0 saturated carbocycles. The quantitative estimate of drug-likeness (QED) is 0.339. The van der Waals surface area contributed by atoms with Gasteiger partial charge in [-0.05, 0) is 43.7 Å². The molecule has 42 heavy (non-hydrogen) atoms. The van der Waals surface area contributed by atoms with Crippen LogP contribution in [0.25, 0.3) is 0 Å². The maximum Gasteiger partial charge on any atom is 0.331 e. The molecule has 1 aliphatic rings. The van der Waals surface area contributed by atoms with Crippen LogP contribution in [0.5, 0.6) is 5.75 Å². The number of pyridine rings is 1. The van der Waals surface area contributed by atoms with E-state index in [-0.39, 0.29) is 17.1 Å². The van der Waals surface area contributed by atoms with Gasteiger partial charge in [-0.3, -0.25) is 23.8 Å². The van der Waals surface area contributed by atoms with Crippen molar-refractivity contribution in [1.29, 1.82) is 0 Å². The second-order valence-corrected chi connectivity index (χ2v) is 9.55. The molecule has 0 radical (unpaired) electrons. The summed E-state index contributed by atoms with van der Waals surface area (Å²) in [5.74, 6) is -2.29. The number of aromatic nitrogens is 3. The van der Waals surface area contributed by atoms with Gasteiger partial charge in [0.15, 0.2) is 0 Å². The molecule has 12 nitrogen and oxygen atoms in total. The Morgan fingerprint density at radius 3 is 2.33 bits per heavy atom. The molecule has 0 amide bonds. The highest BCUT2D eigenvalue weighted by Crippen LogP contribution is 2.29. The summed E-state index contributed by atoms with van der Waals surface area (Å²) in [5.41, 5.74) is 1.81. The van der Waals surface area contributed by atoms with Crippen LogP contribution in [-0.2, 0) is 22.7 Å². The lowest BCUT2D eigenvalue weighted by Crippen LogP contribution is -2.47. The minimum atomic E-state index is -1.26. The molecule has 3 heterocycles. The fraction of sp³-hybridized carbons (Fsp3) is 0.345. The normalized spacial score (nSPS) is 13.5. The summed E-state index contributed by atoms with van der Waals surface area (Å²) in [6, 6.07) is 8.35. The number of aliphatic carboxylic acids is 2. The van der Waals surface area contributed by atoms with E-state index in [1.54, 1.807) is 43.3 Å². The van der Waals surface area contributed by atoms with E-state index in [2.05, 4.69) is 14.8 Å². The van der Waals surface area contributed by atoms with Crippen LogP contribution in [0.2, 0.25) is 0 Å². The Morgan fingerprint density at radius 2 is 1.74 bits per heavy atom. The van der Waals surface area contributed by atoms with Gasteiger partial charge in [-0.1, -0.05) is 6.07 Å². The van der Waals surface area contributed by atoms with Crippen LogP contribution in [0.15, 0.2) is 70.7 Å². The van der Waals surface area contributed by atoms with Crippen LogP contribution in [0, 0.1) is 12.7 Å². The molecule has 2 aromatic heterocycles. The Kier molecular flexibility index (Phi) is 11.6. The number of hydrogen-bond acceptors (Lipinski definition) is 8. The predicted molar refractivity (Wildman–Crippen MR) is 154 cm³/mol. The molecule has 3 aromatic rings. The van der Waals surface area contributed by atoms with Crippen molar-refractivity contribution in [2.45, 2.75) is 26.4 Å². The van der Waals surface area contributed by atoms with E-state index >= 15 is 0 Å². The van der Waals surface area contributed by atoms with Gasteiger partial charge in [-0.2, -0.15) is 0 Å². The SMILES string of the molecule is COc1cc(F)ccc1N1CCN(CCCn2c(=O)c(C)cn(Cc3cccnc3)c2=O)CC1.O=C(O)/C=C/C(=O)O. The van der Waals surface area contributed by atoms with E-state index in [0.29, 0.717) is 43.0 Å². The summed E-state index contributed by atoms with van der Waals surface area (Å²) in [7, 11) is 1.55. The van der Waals surface area contributed by atoms with Crippen LogP contribution in [0.3, 0.4) is 0 Å². The predicted octanol–water partition coefficient (Wildman–Crippen LogP) is 1.83. The van der Waals surface area contributed by atoms with E-state index in [1.165, 1.54) is 16.7 Å². The molecule has 224 valence electrons. The summed E-state index contributed by atoms with van der Waals surface area (Å²) < 4.78 is 21.7. The van der Waals surface area contributed by atoms with E-state index in [4.69, 9.17) is 14.9 Å². The van der Waals surface area contributed by atoms with Crippen molar-refractivity contribution < 1.29 is 28.9 Å². The maximum atomic E-state index is 13.5. The van der Waals surface area contributed by atoms with Crippen molar-refractivity contribution >= 4 is 17.6 Å².